The number of hydrogen-bond donors (Lipinski definition) is 4. The normalized spacial score (nSPS) is 21.6. The number of carboxylic acids is 3. The summed E-state index contributed by atoms with van der Waals surface area (Å²) in [7, 11) is 0. The molecule has 0 aliphatic carbocycles. The van der Waals surface area contributed by atoms with Crippen LogP contribution in [0, 0.1) is 10.1 Å². The van der Waals surface area contributed by atoms with Gasteiger partial charge in [-0.05, 0) is 32.8 Å². The summed E-state index contributed by atoms with van der Waals surface area (Å²) in [6, 6.07) is 3.49. The molecule has 4 N–H and O–H groups in total. The van der Waals surface area contributed by atoms with Crippen molar-refractivity contribution in [2.45, 2.75) is 51.4 Å². The molecule has 13 heteroatoms. The number of nitrogens with one attached hydrogen (secondary N) is 1. The van der Waals surface area contributed by atoms with Crippen molar-refractivity contribution in [3.8, 4) is 0 Å². The Hall–Kier alpha value is -3.13. The first-order chi connectivity index (χ1) is 17.4. The van der Waals surface area contributed by atoms with Crippen molar-refractivity contribution in [2.75, 3.05) is 45.8 Å². The number of carboxylic acid groups (broad SMARTS) is 3. The Bertz CT molecular complexity index is 944. The maximum atomic E-state index is 11.8. The minimum Gasteiger partial charge on any atom is -0.480 e. The third kappa shape index (κ3) is 9.04. The lowest BCUT2D eigenvalue weighted by atomic mass is 10.0. The van der Waals surface area contributed by atoms with E-state index in [1.165, 1.54) is 12.1 Å². The summed E-state index contributed by atoms with van der Waals surface area (Å²) in [6.45, 7) is 7.07. The Balaban J connectivity index is 2.33. The third-order valence-electron chi connectivity index (χ3n) is 6.98. The maximum absolute atomic E-state index is 11.8. The highest BCUT2D eigenvalue weighted by molar-refractivity contribution is 5.73. The van der Waals surface area contributed by atoms with Gasteiger partial charge in [-0.2, -0.15) is 0 Å². The van der Waals surface area contributed by atoms with Crippen molar-refractivity contribution in [2.24, 2.45) is 0 Å². The highest BCUT2D eigenvalue weighted by Crippen LogP contribution is 2.15. The zero-order valence-electron chi connectivity index (χ0n) is 21.4. The number of nitro groups is 1. The molecule has 1 aromatic carbocycles. The van der Waals surface area contributed by atoms with Gasteiger partial charge in [0.1, 0.15) is 18.1 Å². The zero-order valence-corrected chi connectivity index (χ0v) is 21.4. The molecule has 1 heterocycles. The van der Waals surface area contributed by atoms with Crippen molar-refractivity contribution in [1.29, 1.82) is 0 Å². The lowest BCUT2D eigenvalue weighted by Crippen LogP contribution is -2.55. The summed E-state index contributed by atoms with van der Waals surface area (Å²) in [5, 5.41) is 43.3. The molecule has 2 rings (SSSR count). The Morgan fingerprint density at radius 2 is 1.30 bits per heavy atom. The van der Waals surface area contributed by atoms with Crippen LogP contribution < -0.4 is 5.32 Å². The molecular formula is C24H37N5O8. The molecule has 1 aliphatic rings. The molecule has 0 radical (unpaired) electrons. The molecule has 0 saturated carbocycles. The van der Waals surface area contributed by atoms with E-state index in [1.807, 2.05) is 0 Å². The lowest BCUT2D eigenvalue weighted by Gasteiger charge is -2.37. The van der Waals surface area contributed by atoms with Gasteiger partial charge in [0.25, 0.3) is 5.69 Å². The predicted molar refractivity (Wildman–Crippen MR) is 135 cm³/mol. The number of carbonyl (C=O) groups is 3. The SMILES string of the molecule is CC(C(=O)O)N1CCNC(Cc2ccc([N+](=O)[O-])cc2)CN(C(C)C(=O)O)CCN(C(C)C(=O)O)CC1. The van der Waals surface area contributed by atoms with E-state index < -0.39 is 41.0 Å². The zero-order chi connectivity index (χ0) is 27.7. The number of non-ortho nitro benzene ring substituents is 1. The number of nitrogens with zero attached hydrogens (tertiary/aromatic N) is 4. The van der Waals surface area contributed by atoms with Gasteiger partial charge in [-0.25, -0.2) is 0 Å². The van der Waals surface area contributed by atoms with Gasteiger partial charge in [-0.15, -0.1) is 0 Å². The van der Waals surface area contributed by atoms with Crippen molar-refractivity contribution >= 4 is 23.6 Å². The summed E-state index contributed by atoms with van der Waals surface area (Å²) in [5.74, 6) is -2.99. The molecule has 0 bridgehead atoms. The summed E-state index contributed by atoms with van der Waals surface area (Å²) in [5.41, 5.74) is 0.803. The summed E-state index contributed by atoms with van der Waals surface area (Å²) in [6.07, 6.45) is 0.463. The van der Waals surface area contributed by atoms with E-state index >= 15 is 0 Å². The van der Waals surface area contributed by atoms with Gasteiger partial charge in [-0.3, -0.25) is 39.2 Å². The highest BCUT2D eigenvalue weighted by Gasteiger charge is 2.29. The molecule has 13 nitrogen and oxygen atoms in total. The van der Waals surface area contributed by atoms with E-state index in [0.29, 0.717) is 39.1 Å². The molecule has 0 spiro atoms. The fraction of sp³-hybridized carbons (Fsp3) is 0.625. The number of nitro benzene ring substituents is 1. The standard InChI is InChI=1S/C24H37N5O8/c1-16(22(30)31)26-9-8-25-20(14-19-4-6-21(7-5-19)29(36)37)15-28(18(3)24(34)35)13-12-27(11-10-26)17(2)23(32)33/h4-7,16-18,20,25H,8-15H2,1-3H3,(H,30,31)(H,32,33)(H,34,35). The van der Waals surface area contributed by atoms with Gasteiger partial charge in [0.05, 0.1) is 4.92 Å². The summed E-state index contributed by atoms with van der Waals surface area (Å²) >= 11 is 0. The monoisotopic (exact) mass is 523 g/mol. The van der Waals surface area contributed by atoms with Gasteiger partial charge < -0.3 is 20.6 Å². The van der Waals surface area contributed by atoms with Crippen LogP contribution in [0.4, 0.5) is 5.69 Å². The van der Waals surface area contributed by atoms with Crippen molar-refractivity contribution < 1.29 is 34.6 Å². The quantitative estimate of drug-likeness (QED) is 0.260. The molecule has 0 amide bonds. The van der Waals surface area contributed by atoms with Gasteiger partial charge >= 0.3 is 17.9 Å². The first kappa shape index (κ1) is 30.1. The Kier molecular flexibility index (Phi) is 11.4. The van der Waals surface area contributed by atoms with Crippen LogP contribution >= 0.6 is 0 Å². The number of aliphatic carboxylic acids is 3. The lowest BCUT2D eigenvalue weighted by molar-refractivity contribution is -0.384. The van der Waals surface area contributed by atoms with E-state index in [2.05, 4.69) is 5.32 Å². The van der Waals surface area contributed by atoms with E-state index in [9.17, 15) is 39.8 Å². The number of hydrogen-bond acceptors (Lipinski definition) is 9. The Morgan fingerprint density at radius 3 is 1.76 bits per heavy atom. The first-order valence-corrected chi connectivity index (χ1v) is 12.3. The maximum Gasteiger partial charge on any atom is 0.320 e. The average Bonchev–Trinajstić information content (AvgIpc) is 2.84. The summed E-state index contributed by atoms with van der Waals surface area (Å²) in [4.78, 5) is 51.1. The third-order valence-corrected chi connectivity index (χ3v) is 6.98. The van der Waals surface area contributed by atoms with Gasteiger partial charge in [0.15, 0.2) is 0 Å². The molecule has 0 aromatic heterocycles. The summed E-state index contributed by atoms with van der Waals surface area (Å²) < 4.78 is 0. The molecule has 206 valence electrons. The molecule has 1 fully saturated rings. The Morgan fingerprint density at radius 1 is 0.865 bits per heavy atom. The average molecular weight is 524 g/mol. The van der Waals surface area contributed by atoms with Gasteiger partial charge in [-0.1, -0.05) is 12.1 Å². The van der Waals surface area contributed by atoms with Crippen LogP contribution in [0.1, 0.15) is 26.3 Å². The Labute approximate surface area is 215 Å². The topological polar surface area (TPSA) is 177 Å². The van der Waals surface area contributed by atoms with Crippen molar-refractivity contribution in [1.82, 2.24) is 20.0 Å². The van der Waals surface area contributed by atoms with E-state index in [0.717, 1.165) is 5.56 Å². The highest BCUT2D eigenvalue weighted by atomic mass is 16.6. The van der Waals surface area contributed by atoms with E-state index in [-0.39, 0.29) is 24.8 Å². The minimum absolute atomic E-state index is 0.0255. The van der Waals surface area contributed by atoms with Crippen LogP contribution in [0.15, 0.2) is 24.3 Å². The number of benzene rings is 1. The van der Waals surface area contributed by atoms with Crippen molar-refractivity contribution in [3.05, 3.63) is 39.9 Å². The second-order valence-electron chi connectivity index (χ2n) is 9.39. The van der Waals surface area contributed by atoms with Gasteiger partial charge in [0.2, 0.25) is 0 Å². The molecule has 4 atom stereocenters. The van der Waals surface area contributed by atoms with E-state index in [1.54, 1.807) is 47.6 Å². The largest absolute Gasteiger partial charge is 0.480 e. The fourth-order valence-corrected chi connectivity index (χ4v) is 4.36. The van der Waals surface area contributed by atoms with Crippen LogP contribution in [-0.4, -0.2) is 123 Å². The van der Waals surface area contributed by atoms with Crippen molar-refractivity contribution in [3.63, 3.8) is 0 Å². The second-order valence-corrected chi connectivity index (χ2v) is 9.39. The second kappa shape index (κ2) is 14.0. The first-order valence-electron chi connectivity index (χ1n) is 12.3. The predicted octanol–water partition coefficient (Wildman–Crippen LogP) is 0.434. The van der Waals surface area contributed by atoms with Crippen LogP contribution in [0.3, 0.4) is 0 Å². The molecule has 37 heavy (non-hydrogen) atoms. The molecule has 1 saturated heterocycles. The van der Waals surface area contributed by atoms with E-state index in [4.69, 9.17) is 0 Å². The van der Waals surface area contributed by atoms with Crippen LogP contribution in [0.5, 0.6) is 0 Å². The number of rotatable bonds is 9. The molecular weight excluding hydrogens is 486 g/mol. The van der Waals surface area contributed by atoms with Crippen LogP contribution in [0.2, 0.25) is 0 Å². The van der Waals surface area contributed by atoms with Crippen LogP contribution in [-0.2, 0) is 20.8 Å². The molecule has 4 unspecified atom stereocenters. The van der Waals surface area contributed by atoms with Gasteiger partial charge in [0, 0.05) is 64.0 Å². The van der Waals surface area contributed by atoms with Crippen LogP contribution in [0.25, 0.3) is 0 Å². The smallest absolute Gasteiger partial charge is 0.320 e. The fourth-order valence-electron chi connectivity index (χ4n) is 4.36. The molecule has 1 aliphatic heterocycles. The minimum atomic E-state index is -1.01. The molecule has 1 aromatic rings.